The molecule has 0 bridgehead atoms. The summed E-state index contributed by atoms with van der Waals surface area (Å²) in [6.45, 7) is 0. The Labute approximate surface area is 118 Å². The Kier molecular flexibility index (Phi) is 5.28. The summed E-state index contributed by atoms with van der Waals surface area (Å²) in [5.41, 5.74) is 4.56. The van der Waals surface area contributed by atoms with Gasteiger partial charge in [-0.1, -0.05) is 66.7 Å². The molecule has 2 aromatic rings. The zero-order chi connectivity index (χ0) is 14.0. The van der Waals surface area contributed by atoms with Crippen molar-refractivity contribution in [3.05, 3.63) is 77.9 Å². The van der Waals surface area contributed by atoms with E-state index in [4.69, 9.17) is 0 Å². The number of hydrogen-bond donors (Lipinski definition) is 1. The Morgan fingerprint density at radius 3 is 2.35 bits per heavy atom. The van der Waals surface area contributed by atoms with E-state index in [1.807, 2.05) is 66.7 Å². The topological polar surface area (TPSA) is 41.5 Å². The number of rotatable bonds is 5. The molecule has 2 rings (SSSR count). The van der Waals surface area contributed by atoms with Crippen molar-refractivity contribution in [2.45, 2.75) is 6.42 Å². The van der Waals surface area contributed by atoms with E-state index in [2.05, 4.69) is 10.5 Å². The molecule has 0 atom stereocenters. The van der Waals surface area contributed by atoms with Crippen molar-refractivity contribution in [3.63, 3.8) is 0 Å². The van der Waals surface area contributed by atoms with Gasteiger partial charge in [-0.25, -0.2) is 5.43 Å². The van der Waals surface area contributed by atoms with Crippen molar-refractivity contribution >= 4 is 18.2 Å². The Morgan fingerprint density at radius 2 is 1.65 bits per heavy atom. The van der Waals surface area contributed by atoms with Crippen LogP contribution in [0, 0.1) is 0 Å². The number of hydrogen-bond acceptors (Lipinski definition) is 2. The maximum absolute atomic E-state index is 11.6. The molecule has 2 aromatic carbocycles. The second kappa shape index (κ2) is 7.69. The molecular formula is C17H16N2O. The van der Waals surface area contributed by atoms with Crippen LogP contribution in [-0.2, 0) is 11.2 Å². The van der Waals surface area contributed by atoms with Crippen LogP contribution in [0.4, 0.5) is 0 Å². The first kappa shape index (κ1) is 13.7. The van der Waals surface area contributed by atoms with Gasteiger partial charge in [0.25, 0.3) is 0 Å². The van der Waals surface area contributed by atoms with E-state index < -0.39 is 0 Å². The number of benzene rings is 2. The first-order chi connectivity index (χ1) is 9.84. The van der Waals surface area contributed by atoms with Crippen LogP contribution in [0.15, 0.2) is 71.8 Å². The van der Waals surface area contributed by atoms with E-state index in [-0.39, 0.29) is 5.91 Å². The van der Waals surface area contributed by atoms with Gasteiger partial charge in [-0.15, -0.1) is 0 Å². The molecule has 0 radical (unpaired) electrons. The average Bonchev–Trinajstić information content (AvgIpc) is 2.49. The summed E-state index contributed by atoms with van der Waals surface area (Å²) in [5.74, 6) is -0.124. The van der Waals surface area contributed by atoms with Crippen molar-refractivity contribution in [2.75, 3.05) is 0 Å². The minimum atomic E-state index is -0.124. The highest BCUT2D eigenvalue weighted by Crippen LogP contribution is 2.00. The molecule has 0 aliphatic rings. The highest BCUT2D eigenvalue weighted by atomic mass is 16.2. The van der Waals surface area contributed by atoms with Gasteiger partial charge < -0.3 is 0 Å². The number of amides is 1. The Morgan fingerprint density at radius 1 is 1.00 bits per heavy atom. The number of carbonyl (C=O) groups is 1. The molecule has 0 unspecified atom stereocenters. The van der Waals surface area contributed by atoms with Crippen molar-refractivity contribution in [1.29, 1.82) is 0 Å². The largest absolute Gasteiger partial charge is 0.273 e. The second-order valence-electron chi connectivity index (χ2n) is 4.25. The summed E-state index contributed by atoms with van der Waals surface area (Å²) in [7, 11) is 0. The zero-order valence-corrected chi connectivity index (χ0v) is 11.1. The van der Waals surface area contributed by atoms with Gasteiger partial charge in [0.15, 0.2) is 0 Å². The smallest absolute Gasteiger partial charge is 0.244 e. The minimum Gasteiger partial charge on any atom is -0.273 e. The molecule has 100 valence electrons. The third-order valence-electron chi connectivity index (χ3n) is 2.65. The number of hydrazone groups is 1. The van der Waals surface area contributed by atoms with E-state index >= 15 is 0 Å². The van der Waals surface area contributed by atoms with E-state index in [0.717, 1.165) is 11.1 Å². The first-order valence-corrected chi connectivity index (χ1v) is 6.42. The van der Waals surface area contributed by atoms with Gasteiger partial charge in [-0.05, 0) is 17.2 Å². The molecule has 1 N–H and O–H groups in total. The SMILES string of the molecule is O=C(Cc1ccccc1)NN=CC=Cc1ccccc1. The quantitative estimate of drug-likeness (QED) is 0.654. The average molecular weight is 264 g/mol. The molecule has 20 heavy (non-hydrogen) atoms. The van der Waals surface area contributed by atoms with Gasteiger partial charge in [-0.3, -0.25) is 4.79 Å². The van der Waals surface area contributed by atoms with Crippen molar-refractivity contribution in [1.82, 2.24) is 5.43 Å². The first-order valence-electron chi connectivity index (χ1n) is 6.42. The number of nitrogens with one attached hydrogen (secondary N) is 1. The lowest BCUT2D eigenvalue weighted by Crippen LogP contribution is -2.19. The molecule has 0 saturated carbocycles. The lowest BCUT2D eigenvalue weighted by atomic mass is 10.1. The predicted molar refractivity (Wildman–Crippen MR) is 82.3 cm³/mol. The normalized spacial score (nSPS) is 11.0. The Balaban J connectivity index is 1.76. The fourth-order valence-electron chi connectivity index (χ4n) is 1.69. The Hall–Kier alpha value is -2.68. The Bertz CT molecular complexity index is 589. The predicted octanol–water partition coefficient (Wildman–Crippen LogP) is 3.04. The summed E-state index contributed by atoms with van der Waals surface area (Å²) >= 11 is 0. The summed E-state index contributed by atoms with van der Waals surface area (Å²) in [5, 5.41) is 3.87. The van der Waals surface area contributed by atoms with Gasteiger partial charge in [0.2, 0.25) is 5.91 Å². The molecule has 0 aliphatic heterocycles. The standard InChI is InChI=1S/C17H16N2O/c20-17(14-16-10-5-2-6-11-16)19-18-13-7-12-15-8-3-1-4-9-15/h1-13H,14H2,(H,19,20). The second-order valence-corrected chi connectivity index (χ2v) is 4.25. The molecule has 0 aromatic heterocycles. The molecule has 0 spiro atoms. The van der Waals surface area contributed by atoms with Crippen LogP contribution in [0.25, 0.3) is 6.08 Å². The van der Waals surface area contributed by atoms with Gasteiger partial charge in [0, 0.05) is 6.21 Å². The monoisotopic (exact) mass is 264 g/mol. The van der Waals surface area contributed by atoms with E-state index in [0.29, 0.717) is 6.42 Å². The van der Waals surface area contributed by atoms with E-state index in [9.17, 15) is 4.79 Å². The number of allylic oxidation sites excluding steroid dienone is 1. The van der Waals surface area contributed by atoms with Gasteiger partial charge in [0.05, 0.1) is 6.42 Å². The molecule has 1 amide bonds. The van der Waals surface area contributed by atoms with Crippen LogP contribution < -0.4 is 5.43 Å². The molecule has 3 nitrogen and oxygen atoms in total. The molecule has 0 fully saturated rings. The van der Waals surface area contributed by atoms with Crippen LogP contribution in [0.1, 0.15) is 11.1 Å². The highest BCUT2D eigenvalue weighted by Gasteiger charge is 1.99. The molecule has 0 aliphatic carbocycles. The maximum atomic E-state index is 11.6. The van der Waals surface area contributed by atoms with Gasteiger partial charge in [-0.2, -0.15) is 5.10 Å². The lowest BCUT2D eigenvalue weighted by molar-refractivity contribution is -0.120. The van der Waals surface area contributed by atoms with Crippen molar-refractivity contribution in [3.8, 4) is 0 Å². The maximum Gasteiger partial charge on any atom is 0.244 e. The van der Waals surface area contributed by atoms with Crippen LogP contribution in [-0.4, -0.2) is 12.1 Å². The van der Waals surface area contributed by atoms with Crippen LogP contribution in [0.3, 0.4) is 0 Å². The lowest BCUT2D eigenvalue weighted by Gasteiger charge is -1.98. The number of carbonyl (C=O) groups excluding carboxylic acids is 1. The minimum absolute atomic E-state index is 0.124. The molecular weight excluding hydrogens is 248 g/mol. The van der Waals surface area contributed by atoms with Gasteiger partial charge in [0.1, 0.15) is 0 Å². The zero-order valence-electron chi connectivity index (χ0n) is 11.1. The summed E-state index contributed by atoms with van der Waals surface area (Å²) in [6, 6.07) is 19.5. The summed E-state index contributed by atoms with van der Waals surface area (Å²) in [6.07, 6.45) is 5.61. The third kappa shape index (κ3) is 4.90. The van der Waals surface area contributed by atoms with Crippen LogP contribution >= 0.6 is 0 Å². The fourth-order valence-corrected chi connectivity index (χ4v) is 1.69. The molecule has 0 saturated heterocycles. The summed E-state index contributed by atoms with van der Waals surface area (Å²) < 4.78 is 0. The third-order valence-corrected chi connectivity index (χ3v) is 2.65. The summed E-state index contributed by atoms with van der Waals surface area (Å²) in [4.78, 5) is 11.6. The van der Waals surface area contributed by atoms with E-state index in [1.165, 1.54) is 0 Å². The van der Waals surface area contributed by atoms with Crippen molar-refractivity contribution < 1.29 is 4.79 Å². The molecule has 3 heteroatoms. The fraction of sp³-hybridized carbons (Fsp3) is 0.0588. The van der Waals surface area contributed by atoms with Crippen LogP contribution in [0.5, 0.6) is 0 Å². The van der Waals surface area contributed by atoms with Gasteiger partial charge >= 0.3 is 0 Å². The highest BCUT2D eigenvalue weighted by molar-refractivity contribution is 5.82. The number of nitrogens with zero attached hydrogens (tertiary/aromatic N) is 1. The molecule has 0 heterocycles. The van der Waals surface area contributed by atoms with Crippen LogP contribution in [0.2, 0.25) is 0 Å². The van der Waals surface area contributed by atoms with E-state index in [1.54, 1.807) is 12.3 Å². The van der Waals surface area contributed by atoms with Crippen molar-refractivity contribution in [2.24, 2.45) is 5.10 Å².